The summed E-state index contributed by atoms with van der Waals surface area (Å²) in [5.41, 5.74) is 0. The van der Waals surface area contributed by atoms with Gasteiger partial charge in [0.05, 0.1) is 5.92 Å². The third-order valence-corrected chi connectivity index (χ3v) is 4.09. The molecule has 2 fully saturated rings. The van der Waals surface area contributed by atoms with Crippen LogP contribution in [-0.4, -0.2) is 52.0 Å². The molecule has 7 heteroatoms. The van der Waals surface area contributed by atoms with Crippen LogP contribution >= 0.6 is 11.8 Å². The Morgan fingerprint density at radius 3 is 2.65 bits per heavy atom. The van der Waals surface area contributed by atoms with E-state index in [0.717, 1.165) is 11.8 Å². The lowest BCUT2D eigenvalue weighted by atomic mass is 9.99. The van der Waals surface area contributed by atoms with E-state index in [-0.39, 0.29) is 23.6 Å². The van der Waals surface area contributed by atoms with Gasteiger partial charge in [-0.25, -0.2) is 0 Å². The van der Waals surface area contributed by atoms with Gasteiger partial charge in [0.25, 0.3) is 5.24 Å². The monoisotopic (exact) mass is 258 g/mol. The fourth-order valence-electron chi connectivity index (χ4n) is 2.21. The van der Waals surface area contributed by atoms with E-state index >= 15 is 0 Å². The SMILES string of the molecule is C[C@@H]1CN(C(=O)C2CSC(=O)N2)C[C@H]1C(=O)O. The van der Waals surface area contributed by atoms with Crippen molar-refractivity contribution in [1.29, 1.82) is 0 Å². The summed E-state index contributed by atoms with van der Waals surface area (Å²) in [4.78, 5) is 35.5. The summed E-state index contributed by atoms with van der Waals surface area (Å²) in [5.74, 6) is -1.14. The number of rotatable bonds is 2. The minimum absolute atomic E-state index is 0.0405. The lowest BCUT2D eigenvalue weighted by molar-refractivity contribution is -0.142. The fraction of sp³-hybridized carbons (Fsp3) is 0.700. The van der Waals surface area contributed by atoms with Gasteiger partial charge in [0.1, 0.15) is 6.04 Å². The molecule has 0 spiro atoms. The van der Waals surface area contributed by atoms with Gasteiger partial charge in [0.2, 0.25) is 5.91 Å². The minimum atomic E-state index is -0.863. The van der Waals surface area contributed by atoms with Gasteiger partial charge in [0, 0.05) is 18.8 Å². The number of carbonyl (C=O) groups excluding carboxylic acids is 2. The molecule has 17 heavy (non-hydrogen) atoms. The molecule has 3 atom stereocenters. The van der Waals surface area contributed by atoms with E-state index in [0.29, 0.717) is 12.3 Å². The fourth-order valence-corrected chi connectivity index (χ4v) is 2.98. The zero-order valence-electron chi connectivity index (χ0n) is 9.38. The molecule has 2 rings (SSSR count). The second-order valence-corrected chi connectivity index (χ2v) is 5.45. The van der Waals surface area contributed by atoms with Crippen LogP contribution in [-0.2, 0) is 9.59 Å². The molecule has 0 aromatic heterocycles. The van der Waals surface area contributed by atoms with Crippen LogP contribution in [0.4, 0.5) is 4.79 Å². The Kier molecular flexibility index (Phi) is 3.28. The van der Waals surface area contributed by atoms with Crippen LogP contribution in [0.1, 0.15) is 6.92 Å². The van der Waals surface area contributed by atoms with Gasteiger partial charge < -0.3 is 15.3 Å². The molecule has 0 aromatic rings. The predicted molar refractivity (Wildman–Crippen MR) is 61.6 cm³/mol. The summed E-state index contributed by atoms with van der Waals surface area (Å²) in [6.45, 7) is 2.52. The average Bonchev–Trinajstić information content (AvgIpc) is 2.83. The quantitative estimate of drug-likeness (QED) is 0.727. The highest BCUT2D eigenvalue weighted by Gasteiger charge is 2.40. The molecule has 6 nitrogen and oxygen atoms in total. The summed E-state index contributed by atoms with van der Waals surface area (Å²) >= 11 is 1.09. The Bertz CT molecular complexity index is 373. The molecule has 1 unspecified atom stereocenters. The first-order valence-electron chi connectivity index (χ1n) is 5.44. The van der Waals surface area contributed by atoms with Gasteiger partial charge in [-0.05, 0) is 5.92 Å². The largest absolute Gasteiger partial charge is 0.481 e. The maximum atomic E-state index is 12.0. The number of thioether (sulfide) groups is 1. The summed E-state index contributed by atoms with van der Waals surface area (Å²) in [5, 5.41) is 11.4. The van der Waals surface area contributed by atoms with E-state index in [2.05, 4.69) is 5.32 Å². The number of nitrogens with zero attached hydrogens (tertiary/aromatic N) is 1. The predicted octanol–water partition coefficient (Wildman–Crippen LogP) is -0.00950. The summed E-state index contributed by atoms with van der Waals surface area (Å²) in [6.07, 6.45) is 0. The molecular formula is C10H14N2O4S. The van der Waals surface area contributed by atoms with Crippen molar-refractivity contribution in [2.75, 3.05) is 18.8 Å². The highest BCUT2D eigenvalue weighted by atomic mass is 32.2. The minimum Gasteiger partial charge on any atom is -0.481 e. The Labute approximate surface area is 103 Å². The van der Waals surface area contributed by atoms with Crippen molar-refractivity contribution in [2.45, 2.75) is 13.0 Å². The van der Waals surface area contributed by atoms with Crippen LogP contribution in [0, 0.1) is 11.8 Å². The Morgan fingerprint density at radius 2 is 2.18 bits per heavy atom. The van der Waals surface area contributed by atoms with Crippen LogP contribution in [0.5, 0.6) is 0 Å². The summed E-state index contributed by atoms with van der Waals surface area (Å²) in [7, 11) is 0. The lowest BCUT2D eigenvalue weighted by Crippen LogP contribution is -2.44. The smallest absolute Gasteiger partial charge is 0.308 e. The maximum absolute atomic E-state index is 12.0. The topological polar surface area (TPSA) is 86.7 Å². The van der Waals surface area contributed by atoms with Gasteiger partial charge >= 0.3 is 5.97 Å². The molecule has 94 valence electrons. The van der Waals surface area contributed by atoms with E-state index in [1.807, 2.05) is 6.92 Å². The van der Waals surface area contributed by atoms with Crippen molar-refractivity contribution in [3.05, 3.63) is 0 Å². The van der Waals surface area contributed by atoms with Crippen molar-refractivity contribution < 1.29 is 19.5 Å². The molecule has 0 aliphatic carbocycles. The number of nitrogens with one attached hydrogen (secondary N) is 1. The normalized spacial score (nSPS) is 32.6. The average molecular weight is 258 g/mol. The molecule has 0 saturated carbocycles. The molecule has 0 radical (unpaired) electrons. The van der Waals surface area contributed by atoms with Crippen LogP contribution in [0.25, 0.3) is 0 Å². The Morgan fingerprint density at radius 1 is 1.47 bits per heavy atom. The first-order valence-corrected chi connectivity index (χ1v) is 6.42. The third-order valence-electron chi connectivity index (χ3n) is 3.21. The summed E-state index contributed by atoms with van der Waals surface area (Å²) < 4.78 is 0. The first kappa shape index (κ1) is 12.2. The van der Waals surface area contributed by atoms with Crippen LogP contribution in [0.3, 0.4) is 0 Å². The Balaban J connectivity index is 1.98. The van der Waals surface area contributed by atoms with Crippen molar-refractivity contribution in [3.8, 4) is 0 Å². The zero-order valence-corrected chi connectivity index (χ0v) is 10.2. The van der Waals surface area contributed by atoms with Crippen LogP contribution in [0.2, 0.25) is 0 Å². The zero-order chi connectivity index (χ0) is 12.6. The number of hydrogen-bond acceptors (Lipinski definition) is 4. The van der Waals surface area contributed by atoms with E-state index in [9.17, 15) is 14.4 Å². The molecule has 2 amide bonds. The molecule has 2 saturated heterocycles. The third kappa shape index (κ3) is 2.38. The van der Waals surface area contributed by atoms with Gasteiger partial charge in [-0.3, -0.25) is 14.4 Å². The van der Waals surface area contributed by atoms with E-state index in [1.54, 1.807) is 4.90 Å². The number of carboxylic acids is 1. The second kappa shape index (κ2) is 4.56. The van der Waals surface area contributed by atoms with Gasteiger partial charge in [0.15, 0.2) is 0 Å². The number of carboxylic acid groups (broad SMARTS) is 1. The van der Waals surface area contributed by atoms with Crippen molar-refractivity contribution >= 4 is 28.9 Å². The number of aliphatic carboxylic acids is 1. The highest BCUT2D eigenvalue weighted by molar-refractivity contribution is 8.14. The van der Waals surface area contributed by atoms with Crippen molar-refractivity contribution in [3.63, 3.8) is 0 Å². The van der Waals surface area contributed by atoms with E-state index < -0.39 is 17.9 Å². The maximum Gasteiger partial charge on any atom is 0.308 e. The van der Waals surface area contributed by atoms with Gasteiger partial charge in [-0.2, -0.15) is 0 Å². The number of carbonyl (C=O) groups is 3. The number of likely N-dealkylation sites (tertiary alicyclic amines) is 1. The standard InChI is InChI=1S/C10H14N2O4S/c1-5-2-12(3-6(5)9(14)15)8(13)7-4-17-10(16)11-7/h5-7H,2-4H2,1H3,(H,11,16)(H,14,15)/t5-,6-,7?/m1/s1. The second-order valence-electron chi connectivity index (χ2n) is 4.46. The highest BCUT2D eigenvalue weighted by Crippen LogP contribution is 2.25. The molecule has 2 aliphatic heterocycles. The Hall–Kier alpha value is -1.24. The lowest BCUT2D eigenvalue weighted by Gasteiger charge is -2.19. The van der Waals surface area contributed by atoms with E-state index in [1.165, 1.54) is 0 Å². The van der Waals surface area contributed by atoms with Crippen LogP contribution < -0.4 is 5.32 Å². The first-order chi connectivity index (χ1) is 7.99. The molecular weight excluding hydrogens is 244 g/mol. The molecule has 2 heterocycles. The van der Waals surface area contributed by atoms with Crippen LogP contribution in [0.15, 0.2) is 0 Å². The number of amides is 2. The van der Waals surface area contributed by atoms with Crippen molar-refractivity contribution in [2.24, 2.45) is 11.8 Å². The van der Waals surface area contributed by atoms with Gasteiger partial charge in [-0.15, -0.1) is 0 Å². The van der Waals surface area contributed by atoms with E-state index in [4.69, 9.17) is 5.11 Å². The van der Waals surface area contributed by atoms with Crippen molar-refractivity contribution in [1.82, 2.24) is 10.2 Å². The molecule has 0 bridgehead atoms. The number of hydrogen-bond donors (Lipinski definition) is 2. The summed E-state index contributed by atoms with van der Waals surface area (Å²) in [6, 6.07) is -0.493. The molecule has 2 N–H and O–H groups in total. The molecule has 0 aromatic carbocycles. The van der Waals surface area contributed by atoms with Gasteiger partial charge in [-0.1, -0.05) is 18.7 Å². The molecule has 2 aliphatic rings.